The predicted molar refractivity (Wildman–Crippen MR) is 113 cm³/mol. The van der Waals surface area contributed by atoms with Crippen molar-refractivity contribution in [1.82, 2.24) is 5.32 Å². The number of ether oxygens (including phenoxy) is 1. The van der Waals surface area contributed by atoms with Crippen molar-refractivity contribution in [1.29, 1.82) is 0 Å². The average molecular weight is 422 g/mol. The molecule has 0 saturated carbocycles. The highest BCUT2D eigenvalue weighted by Gasteiger charge is 2.15. The number of nitro benzene ring substituents is 1. The second kappa shape index (κ2) is 10.0. The summed E-state index contributed by atoms with van der Waals surface area (Å²) in [5.41, 5.74) is 0.558. The van der Waals surface area contributed by atoms with E-state index in [1.807, 2.05) is 0 Å². The van der Waals surface area contributed by atoms with Crippen LogP contribution in [0.4, 0.5) is 11.4 Å². The van der Waals surface area contributed by atoms with Crippen molar-refractivity contribution in [2.75, 3.05) is 11.9 Å². The summed E-state index contributed by atoms with van der Waals surface area (Å²) >= 11 is 11.2. The Bertz CT molecular complexity index is 889. The number of carbonyl (C=O) groups is 1. The predicted octanol–water partition coefficient (Wildman–Crippen LogP) is 4.80. The van der Waals surface area contributed by atoms with Gasteiger partial charge in [-0.25, -0.2) is 0 Å². The lowest BCUT2D eigenvalue weighted by Crippen LogP contribution is -2.34. The summed E-state index contributed by atoms with van der Waals surface area (Å²) in [6.07, 6.45) is 0.870. The minimum Gasteiger partial charge on any atom is -0.493 e. The molecule has 0 heterocycles. The van der Waals surface area contributed by atoms with E-state index in [-0.39, 0.29) is 15.8 Å². The van der Waals surface area contributed by atoms with Crippen LogP contribution in [0.2, 0.25) is 5.02 Å². The molecular formula is C19H20ClN3O4S. The first-order chi connectivity index (χ1) is 13.3. The number of nitrogens with zero attached hydrogens (tertiary/aromatic N) is 1. The molecule has 0 spiro atoms. The number of amides is 1. The van der Waals surface area contributed by atoms with Crippen molar-refractivity contribution in [3.63, 3.8) is 0 Å². The summed E-state index contributed by atoms with van der Waals surface area (Å²) in [5.74, 6) is 0.525. The molecule has 0 atom stereocenters. The lowest BCUT2D eigenvalue weighted by Gasteiger charge is -2.14. The summed E-state index contributed by atoms with van der Waals surface area (Å²) in [7, 11) is 0. The normalized spacial score (nSPS) is 10.4. The van der Waals surface area contributed by atoms with Gasteiger partial charge in [-0.2, -0.15) is 0 Å². The van der Waals surface area contributed by atoms with Gasteiger partial charge < -0.3 is 10.1 Å². The molecule has 0 unspecified atom stereocenters. The van der Waals surface area contributed by atoms with E-state index >= 15 is 0 Å². The first kappa shape index (κ1) is 21.6. The molecule has 0 aliphatic heterocycles. The van der Waals surface area contributed by atoms with Crippen molar-refractivity contribution >= 4 is 46.2 Å². The third kappa shape index (κ3) is 6.17. The van der Waals surface area contributed by atoms with Gasteiger partial charge in [-0.1, -0.05) is 37.6 Å². The van der Waals surface area contributed by atoms with Gasteiger partial charge in [0.1, 0.15) is 5.75 Å². The molecule has 0 radical (unpaired) electrons. The van der Waals surface area contributed by atoms with Crippen LogP contribution in [0.5, 0.6) is 5.75 Å². The number of carbonyl (C=O) groups excluding carboxylic acids is 1. The van der Waals surface area contributed by atoms with Gasteiger partial charge in [0, 0.05) is 12.1 Å². The van der Waals surface area contributed by atoms with Gasteiger partial charge in [0.2, 0.25) is 0 Å². The topological polar surface area (TPSA) is 93.5 Å². The van der Waals surface area contributed by atoms with Crippen LogP contribution in [0.25, 0.3) is 0 Å². The SMILES string of the molecule is CC(C)CCOc1ccccc1C(=O)NC(=S)Nc1ccc([N+](=O)[O-])cc1Cl. The number of non-ortho nitro benzene ring substituents is 1. The molecular weight excluding hydrogens is 402 g/mol. The van der Waals surface area contributed by atoms with Gasteiger partial charge >= 0.3 is 0 Å². The number of thiocarbonyl (C=S) groups is 1. The van der Waals surface area contributed by atoms with Gasteiger partial charge in [-0.3, -0.25) is 20.2 Å². The van der Waals surface area contributed by atoms with Crippen molar-refractivity contribution in [2.24, 2.45) is 5.92 Å². The summed E-state index contributed by atoms with van der Waals surface area (Å²) in [4.78, 5) is 22.8. The zero-order chi connectivity index (χ0) is 20.7. The standard InChI is InChI=1S/C19H20ClN3O4S/c1-12(2)9-10-27-17-6-4-3-5-14(17)18(24)22-19(28)21-16-8-7-13(23(25)26)11-15(16)20/h3-8,11-12H,9-10H2,1-2H3,(H2,21,22,24,28). The van der Waals surface area contributed by atoms with Crippen LogP contribution >= 0.6 is 23.8 Å². The van der Waals surface area contributed by atoms with E-state index in [9.17, 15) is 14.9 Å². The highest BCUT2D eigenvalue weighted by atomic mass is 35.5. The second-order valence-corrected chi connectivity index (χ2v) is 7.17. The van der Waals surface area contributed by atoms with Crippen LogP contribution in [-0.2, 0) is 0 Å². The quantitative estimate of drug-likeness (QED) is 0.379. The Morgan fingerprint density at radius 3 is 2.64 bits per heavy atom. The minimum absolute atomic E-state index is 0.0118. The van der Waals surface area contributed by atoms with Gasteiger partial charge in [0.15, 0.2) is 5.11 Å². The molecule has 28 heavy (non-hydrogen) atoms. The number of para-hydroxylation sites is 1. The number of anilines is 1. The molecule has 0 fully saturated rings. The third-order valence-electron chi connectivity index (χ3n) is 3.72. The molecule has 2 aromatic rings. The van der Waals surface area contributed by atoms with E-state index in [2.05, 4.69) is 24.5 Å². The Kier molecular flexibility index (Phi) is 7.71. The van der Waals surface area contributed by atoms with Crippen LogP contribution in [0.15, 0.2) is 42.5 Å². The maximum absolute atomic E-state index is 12.6. The first-order valence-electron chi connectivity index (χ1n) is 8.56. The third-order valence-corrected chi connectivity index (χ3v) is 4.24. The Labute approximate surface area is 173 Å². The van der Waals surface area contributed by atoms with Crippen molar-refractivity contribution in [3.8, 4) is 5.75 Å². The number of rotatable bonds is 7. The highest BCUT2D eigenvalue weighted by Crippen LogP contribution is 2.26. The zero-order valence-electron chi connectivity index (χ0n) is 15.4. The van der Waals surface area contributed by atoms with Crippen molar-refractivity contribution in [2.45, 2.75) is 20.3 Å². The number of nitro groups is 1. The second-order valence-electron chi connectivity index (χ2n) is 6.36. The monoisotopic (exact) mass is 421 g/mol. The molecule has 2 N–H and O–H groups in total. The molecule has 0 bridgehead atoms. The molecule has 7 nitrogen and oxygen atoms in total. The zero-order valence-corrected chi connectivity index (χ0v) is 17.0. The molecule has 0 aliphatic rings. The lowest BCUT2D eigenvalue weighted by molar-refractivity contribution is -0.384. The number of hydrogen-bond donors (Lipinski definition) is 2. The average Bonchev–Trinajstić information content (AvgIpc) is 2.63. The number of nitrogens with one attached hydrogen (secondary N) is 2. The largest absolute Gasteiger partial charge is 0.493 e. The molecule has 1 amide bonds. The number of halogens is 1. The van der Waals surface area contributed by atoms with Gasteiger partial charge in [-0.15, -0.1) is 0 Å². The lowest BCUT2D eigenvalue weighted by atomic mass is 10.1. The molecule has 0 aromatic heterocycles. The summed E-state index contributed by atoms with van der Waals surface area (Å²) in [6, 6.07) is 10.8. The maximum atomic E-state index is 12.6. The number of benzene rings is 2. The van der Waals surface area contributed by atoms with E-state index < -0.39 is 10.8 Å². The van der Waals surface area contributed by atoms with Gasteiger partial charge in [-0.05, 0) is 42.8 Å². The van der Waals surface area contributed by atoms with Crippen LogP contribution in [-0.4, -0.2) is 22.5 Å². The fourth-order valence-electron chi connectivity index (χ4n) is 2.23. The molecule has 148 valence electrons. The van der Waals surface area contributed by atoms with E-state index in [0.29, 0.717) is 29.5 Å². The Morgan fingerprint density at radius 2 is 2.00 bits per heavy atom. The minimum atomic E-state index is -0.550. The van der Waals surface area contributed by atoms with Gasteiger partial charge in [0.25, 0.3) is 11.6 Å². The molecule has 0 aliphatic carbocycles. The van der Waals surface area contributed by atoms with Crippen molar-refractivity contribution in [3.05, 3.63) is 63.2 Å². The summed E-state index contributed by atoms with van der Waals surface area (Å²) < 4.78 is 5.71. The highest BCUT2D eigenvalue weighted by molar-refractivity contribution is 7.80. The van der Waals surface area contributed by atoms with Crippen LogP contribution in [0.1, 0.15) is 30.6 Å². The van der Waals surface area contributed by atoms with E-state index in [1.54, 1.807) is 24.3 Å². The van der Waals surface area contributed by atoms with Crippen molar-refractivity contribution < 1.29 is 14.5 Å². The van der Waals surface area contributed by atoms with Crippen LogP contribution < -0.4 is 15.4 Å². The van der Waals surface area contributed by atoms with E-state index in [1.165, 1.54) is 18.2 Å². The molecule has 0 saturated heterocycles. The summed E-state index contributed by atoms with van der Waals surface area (Å²) in [6.45, 7) is 4.69. The van der Waals surface area contributed by atoms with Gasteiger partial charge in [0.05, 0.1) is 27.8 Å². The molecule has 2 rings (SSSR count). The fourth-order valence-corrected chi connectivity index (χ4v) is 2.65. The number of hydrogen-bond acceptors (Lipinski definition) is 5. The first-order valence-corrected chi connectivity index (χ1v) is 9.34. The fraction of sp³-hybridized carbons (Fsp3) is 0.263. The smallest absolute Gasteiger partial charge is 0.271 e. The van der Waals surface area contributed by atoms with E-state index in [4.69, 9.17) is 28.6 Å². The Balaban J connectivity index is 2.03. The van der Waals surface area contributed by atoms with Crippen LogP contribution in [0.3, 0.4) is 0 Å². The summed E-state index contributed by atoms with van der Waals surface area (Å²) in [5, 5.41) is 16.2. The Hall–Kier alpha value is -2.71. The van der Waals surface area contributed by atoms with Crippen LogP contribution in [0, 0.1) is 16.0 Å². The Morgan fingerprint density at radius 1 is 1.29 bits per heavy atom. The van der Waals surface area contributed by atoms with E-state index in [0.717, 1.165) is 6.42 Å². The molecule has 9 heteroatoms. The molecule has 2 aromatic carbocycles. The maximum Gasteiger partial charge on any atom is 0.271 e.